The fourth-order valence-electron chi connectivity index (χ4n) is 3.41. The normalized spacial score (nSPS) is 10.8. The lowest BCUT2D eigenvalue weighted by atomic mass is 9.99. The molecule has 5 nitrogen and oxygen atoms in total. The molecule has 0 saturated carbocycles. The lowest BCUT2D eigenvalue weighted by molar-refractivity contribution is 0.924. The number of nitrogens with one attached hydrogen (secondary N) is 2. The maximum atomic E-state index is 6.47. The summed E-state index contributed by atoms with van der Waals surface area (Å²) in [6, 6.07) is 26.6. The number of nitrogens with zero attached hydrogens (tertiary/aromatic N) is 2. The minimum absolute atomic E-state index is 0.0850. The Kier molecular flexibility index (Phi) is 5.61. The Labute approximate surface area is 177 Å². The van der Waals surface area contributed by atoms with Crippen molar-refractivity contribution in [3.8, 4) is 0 Å². The van der Waals surface area contributed by atoms with E-state index < -0.39 is 0 Å². The van der Waals surface area contributed by atoms with E-state index in [0.29, 0.717) is 17.3 Å². The third-order valence-corrected chi connectivity index (χ3v) is 5.29. The molecule has 4 aromatic rings. The first-order chi connectivity index (χ1) is 14.6. The standard InChI is InChI=1S/C25H25N5/c1-17-10-9-15-21(18(17)2)29-24-22(26)25(28-16-27-24)30-23(19-11-5-3-6-12-19)20-13-7-4-8-14-20/h3-16,23H,26H2,1-2H3,(H2,27,28,29,30). The second-order valence-corrected chi connectivity index (χ2v) is 7.26. The van der Waals surface area contributed by atoms with Crippen molar-refractivity contribution in [1.29, 1.82) is 0 Å². The van der Waals surface area contributed by atoms with Crippen LogP contribution in [0, 0.1) is 13.8 Å². The van der Waals surface area contributed by atoms with Crippen molar-refractivity contribution in [3.05, 3.63) is 107 Å². The fraction of sp³-hybridized carbons (Fsp3) is 0.120. The topological polar surface area (TPSA) is 75.9 Å². The number of anilines is 4. The molecule has 0 aliphatic heterocycles. The van der Waals surface area contributed by atoms with Crippen molar-refractivity contribution < 1.29 is 0 Å². The Morgan fingerprint density at radius 2 is 1.33 bits per heavy atom. The molecule has 0 atom stereocenters. The molecule has 0 radical (unpaired) electrons. The third-order valence-electron chi connectivity index (χ3n) is 5.29. The Hall–Kier alpha value is -3.86. The highest BCUT2D eigenvalue weighted by molar-refractivity contribution is 5.79. The molecule has 0 unspecified atom stereocenters. The molecule has 0 saturated heterocycles. The Morgan fingerprint density at radius 1 is 0.733 bits per heavy atom. The van der Waals surface area contributed by atoms with Crippen LogP contribution in [0.1, 0.15) is 28.3 Å². The quantitative estimate of drug-likeness (QED) is 0.395. The summed E-state index contributed by atoms with van der Waals surface area (Å²) in [4.78, 5) is 8.79. The molecule has 0 bridgehead atoms. The molecule has 0 fully saturated rings. The second kappa shape index (κ2) is 8.66. The zero-order valence-electron chi connectivity index (χ0n) is 17.1. The number of hydrogen-bond acceptors (Lipinski definition) is 5. The van der Waals surface area contributed by atoms with Crippen molar-refractivity contribution in [2.75, 3.05) is 16.4 Å². The van der Waals surface area contributed by atoms with Gasteiger partial charge >= 0.3 is 0 Å². The third kappa shape index (κ3) is 4.10. The van der Waals surface area contributed by atoms with Crippen molar-refractivity contribution in [1.82, 2.24) is 9.97 Å². The molecule has 0 amide bonds. The smallest absolute Gasteiger partial charge is 0.159 e. The molecule has 5 heteroatoms. The second-order valence-electron chi connectivity index (χ2n) is 7.26. The lowest BCUT2D eigenvalue weighted by Gasteiger charge is -2.22. The molecule has 30 heavy (non-hydrogen) atoms. The summed E-state index contributed by atoms with van der Waals surface area (Å²) in [6.45, 7) is 4.16. The number of benzene rings is 3. The van der Waals surface area contributed by atoms with E-state index in [0.717, 1.165) is 22.4 Å². The minimum Gasteiger partial charge on any atom is -0.393 e. The van der Waals surface area contributed by atoms with Crippen LogP contribution >= 0.6 is 0 Å². The number of hydrogen-bond donors (Lipinski definition) is 3. The average molecular weight is 396 g/mol. The summed E-state index contributed by atoms with van der Waals surface area (Å²) < 4.78 is 0. The summed E-state index contributed by atoms with van der Waals surface area (Å²) >= 11 is 0. The molecular formula is C25H25N5. The highest BCUT2D eigenvalue weighted by Crippen LogP contribution is 2.32. The van der Waals surface area contributed by atoms with Crippen LogP contribution in [0.4, 0.5) is 23.0 Å². The number of rotatable bonds is 6. The largest absolute Gasteiger partial charge is 0.393 e. The summed E-state index contributed by atoms with van der Waals surface area (Å²) in [6.07, 6.45) is 1.53. The van der Waals surface area contributed by atoms with Gasteiger partial charge in [-0.05, 0) is 42.2 Å². The maximum absolute atomic E-state index is 6.47. The summed E-state index contributed by atoms with van der Waals surface area (Å²) in [7, 11) is 0. The number of nitrogen functional groups attached to an aromatic ring is 1. The predicted molar refractivity (Wildman–Crippen MR) is 124 cm³/mol. The van der Waals surface area contributed by atoms with E-state index in [1.807, 2.05) is 48.5 Å². The summed E-state index contributed by atoms with van der Waals surface area (Å²) in [5.41, 5.74) is 12.6. The lowest BCUT2D eigenvalue weighted by Crippen LogP contribution is -2.15. The molecule has 4 N–H and O–H groups in total. The Bertz CT molecular complexity index is 1090. The van der Waals surface area contributed by atoms with Gasteiger partial charge in [-0.1, -0.05) is 72.8 Å². The van der Waals surface area contributed by atoms with Crippen molar-refractivity contribution in [2.24, 2.45) is 0 Å². The maximum Gasteiger partial charge on any atom is 0.159 e. The van der Waals surface area contributed by atoms with E-state index in [-0.39, 0.29) is 6.04 Å². The minimum atomic E-state index is -0.0850. The van der Waals surface area contributed by atoms with Crippen LogP contribution < -0.4 is 16.4 Å². The van der Waals surface area contributed by atoms with Gasteiger partial charge in [-0.3, -0.25) is 0 Å². The van der Waals surface area contributed by atoms with E-state index in [9.17, 15) is 0 Å². The zero-order chi connectivity index (χ0) is 20.9. The monoisotopic (exact) mass is 395 g/mol. The van der Waals surface area contributed by atoms with Crippen LogP contribution in [-0.4, -0.2) is 9.97 Å². The highest BCUT2D eigenvalue weighted by Gasteiger charge is 2.17. The van der Waals surface area contributed by atoms with Gasteiger partial charge < -0.3 is 16.4 Å². The van der Waals surface area contributed by atoms with Crippen molar-refractivity contribution >= 4 is 23.0 Å². The molecule has 0 aliphatic rings. The Morgan fingerprint density at radius 3 is 1.97 bits per heavy atom. The SMILES string of the molecule is Cc1cccc(Nc2ncnc(NC(c3ccccc3)c3ccccc3)c2N)c1C. The van der Waals surface area contributed by atoms with Crippen LogP contribution in [0.25, 0.3) is 0 Å². The van der Waals surface area contributed by atoms with Gasteiger partial charge in [-0.2, -0.15) is 0 Å². The van der Waals surface area contributed by atoms with Gasteiger partial charge in [-0.15, -0.1) is 0 Å². The molecule has 4 rings (SSSR count). The van der Waals surface area contributed by atoms with Crippen LogP contribution in [0.5, 0.6) is 0 Å². The zero-order valence-corrected chi connectivity index (χ0v) is 17.1. The average Bonchev–Trinajstić information content (AvgIpc) is 2.78. The van der Waals surface area contributed by atoms with Crippen LogP contribution in [0.3, 0.4) is 0 Å². The van der Waals surface area contributed by atoms with Gasteiger partial charge in [0.15, 0.2) is 11.6 Å². The van der Waals surface area contributed by atoms with Crippen LogP contribution in [0.2, 0.25) is 0 Å². The molecule has 3 aromatic carbocycles. The summed E-state index contributed by atoms with van der Waals surface area (Å²) in [5, 5.41) is 6.87. The van der Waals surface area contributed by atoms with E-state index >= 15 is 0 Å². The van der Waals surface area contributed by atoms with Gasteiger partial charge in [-0.25, -0.2) is 9.97 Å². The van der Waals surface area contributed by atoms with Gasteiger partial charge in [0.1, 0.15) is 12.0 Å². The van der Waals surface area contributed by atoms with E-state index in [2.05, 4.69) is 64.8 Å². The highest BCUT2D eigenvalue weighted by atomic mass is 15.1. The molecular weight excluding hydrogens is 370 g/mol. The first-order valence-electron chi connectivity index (χ1n) is 9.93. The number of aryl methyl sites for hydroxylation is 1. The van der Waals surface area contributed by atoms with Crippen molar-refractivity contribution in [3.63, 3.8) is 0 Å². The van der Waals surface area contributed by atoms with Crippen molar-refractivity contribution in [2.45, 2.75) is 19.9 Å². The van der Waals surface area contributed by atoms with Gasteiger partial charge in [0, 0.05) is 5.69 Å². The molecule has 150 valence electrons. The van der Waals surface area contributed by atoms with Gasteiger partial charge in [0.2, 0.25) is 0 Å². The van der Waals surface area contributed by atoms with Crippen LogP contribution in [-0.2, 0) is 0 Å². The molecule has 0 spiro atoms. The summed E-state index contributed by atoms with van der Waals surface area (Å²) in [5.74, 6) is 1.18. The fourth-order valence-corrected chi connectivity index (χ4v) is 3.41. The number of nitrogens with two attached hydrogens (primary N) is 1. The molecule has 0 aliphatic carbocycles. The van der Waals surface area contributed by atoms with E-state index in [4.69, 9.17) is 5.73 Å². The van der Waals surface area contributed by atoms with Crippen LogP contribution in [0.15, 0.2) is 85.2 Å². The van der Waals surface area contributed by atoms with Gasteiger partial charge in [0.05, 0.1) is 6.04 Å². The van der Waals surface area contributed by atoms with E-state index in [1.54, 1.807) is 0 Å². The molecule has 1 aromatic heterocycles. The first kappa shape index (κ1) is 19.5. The molecule has 1 heterocycles. The van der Waals surface area contributed by atoms with E-state index in [1.165, 1.54) is 11.9 Å². The Balaban J connectivity index is 1.68. The number of aromatic nitrogens is 2. The first-order valence-corrected chi connectivity index (χ1v) is 9.93. The predicted octanol–water partition coefficient (Wildman–Crippen LogP) is 5.62. The van der Waals surface area contributed by atoms with Gasteiger partial charge in [0.25, 0.3) is 0 Å².